The summed E-state index contributed by atoms with van der Waals surface area (Å²) in [6, 6.07) is 1.98. The van der Waals surface area contributed by atoms with Gasteiger partial charge < -0.3 is 10.6 Å². The molecule has 0 unspecified atom stereocenters. The molecule has 1 aliphatic heterocycles. The van der Waals surface area contributed by atoms with E-state index >= 15 is 0 Å². The quantitative estimate of drug-likeness (QED) is 0.859. The smallest absolute Gasteiger partial charge is 0.373 e. The highest BCUT2D eigenvalue weighted by molar-refractivity contribution is 7.15. The number of piperazine rings is 1. The van der Waals surface area contributed by atoms with E-state index in [0.717, 1.165) is 42.6 Å². The van der Waals surface area contributed by atoms with Crippen LogP contribution in [0.2, 0.25) is 0 Å². The maximum Gasteiger partial charge on any atom is 0.373 e. The number of carbonyl (C=O) groups excluding carboxylic acids is 2. The normalized spacial score (nSPS) is 14.7. The fourth-order valence-corrected chi connectivity index (χ4v) is 3.62. The van der Waals surface area contributed by atoms with Crippen LogP contribution >= 0.6 is 11.3 Å². The lowest BCUT2D eigenvalue weighted by Gasteiger charge is -2.36. The van der Waals surface area contributed by atoms with Gasteiger partial charge in [-0.3, -0.25) is 4.90 Å². The van der Waals surface area contributed by atoms with Crippen LogP contribution in [0.3, 0.4) is 0 Å². The van der Waals surface area contributed by atoms with Gasteiger partial charge in [-0.15, -0.1) is 11.3 Å². The highest BCUT2D eigenvalue weighted by Gasteiger charge is 2.20. The molecule has 1 aliphatic rings. The fourth-order valence-electron chi connectivity index (χ4n) is 2.94. The zero-order chi connectivity index (χ0) is 19.1. The highest BCUT2D eigenvalue weighted by atomic mass is 32.1. The van der Waals surface area contributed by atoms with Gasteiger partial charge in [-0.2, -0.15) is 9.59 Å². The average Bonchev–Trinajstić information content (AvgIpc) is 2.94. The molecule has 0 radical (unpaired) electrons. The summed E-state index contributed by atoms with van der Waals surface area (Å²) >= 11 is 1.48. The number of nitrogens with two attached hydrogens (primary N) is 1. The predicted molar refractivity (Wildman–Crippen MR) is 101 cm³/mol. The first-order valence-corrected chi connectivity index (χ1v) is 9.29. The van der Waals surface area contributed by atoms with Crippen LogP contribution in [0.1, 0.15) is 18.7 Å². The lowest BCUT2D eigenvalue weighted by atomic mass is 10.2. The van der Waals surface area contributed by atoms with Crippen molar-refractivity contribution in [3.8, 4) is 11.5 Å². The molecule has 0 aromatic carbocycles. The summed E-state index contributed by atoms with van der Waals surface area (Å²) in [6.45, 7) is 11.9. The van der Waals surface area contributed by atoms with Crippen LogP contribution in [0.5, 0.6) is 0 Å². The molecule has 8 nitrogen and oxygen atoms in total. The third-order valence-electron chi connectivity index (χ3n) is 3.99. The molecule has 3 heterocycles. The van der Waals surface area contributed by atoms with Crippen molar-refractivity contribution in [2.75, 3.05) is 43.4 Å². The summed E-state index contributed by atoms with van der Waals surface area (Å²) in [7, 11) is 0. The van der Waals surface area contributed by atoms with E-state index in [9.17, 15) is 0 Å². The van der Waals surface area contributed by atoms with Gasteiger partial charge in [0.1, 0.15) is 11.5 Å². The van der Waals surface area contributed by atoms with E-state index in [1.54, 1.807) is 0 Å². The number of nitrogen functional groups attached to an aromatic ring is 1. The Morgan fingerprint density at radius 3 is 2.42 bits per heavy atom. The van der Waals surface area contributed by atoms with Gasteiger partial charge >= 0.3 is 6.15 Å². The summed E-state index contributed by atoms with van der Waals surface area (Å²) in [5.41, 5.74) is 6.59. The minimum absolute atomic E-state index is 0.250. The van der Waals surface area contributed by atoms with E-state index in [2.05, 4.69) is 33.6 Å². The molecular formula is C17H24N6O2S. The zero-order valence-corrected chi connectivity index (χ0v) is 16.1. The zero-order valence-electron chi connectivity index (χ0n) is 15.3. The van der Waals surface area contributed by atoms with E-state index in [1.165, 1.54) is 17.9 Å². The van der Waals surface area contributed by atoms with E-state index in [4.69, 9.17) is 20.3 Å². The minimum atomic E-state index is 0.250. The van der Waals surface area contributed by atoms with Gasteiger partial charge in [-0.1, -0.05) is 13.8 Å². The standard InChI is InChI=1S/C16H24N6S.CO2/c1-11(2)10-21-6-8-22(9-7-21)13-4-5-18-15(19-13)14-12(3)23-16(17)20-14;2-1-3/h4-5,11H,6-10H2,1-3H3,(H2,17,20);. The van der Waals surface area contributed by atoms with Gasteiger partial charge in [-0.25, -0.2) is 15.0 Å². The van der Waals surface area contributed by atoms with Crippen molar-refractivity contribution in [3.05, 3.63) is 17.1 Å². The molecule has 1 fully saturated rings. The minimum Gasteiger partial charge on any atom is -0.375 e. The Kier molecular flexibility index (Phi) is 7.20. The molecular weight excluding hydrogens is 352 g/mol. The van der Waals surface area contributed by atoms with Crippen molar-refractivity contribution in [2.24, 2.45) is 5.92 Å². The second kappa shape index (κ2) is 9.38. The topological polar surface area (TPSA) is 105 Å². The summed E-state index contributed by atoms with van der Waals surface area (Å²) in [4.78, 5) is 35.6. The maximum atomic E-state index is 8.12. The molecule has 2 N–H and O–H groups in total. The molecule has 1 saturated heterocycles. The molecule has 140 valence electrons. The second-order valence-electron chi connectivity index (χ2n) is 6.46. The first kappa shape index (κ1) is 20.0. The van der Waals surface area contributed by atoms with Crippen molar-refractivity contribution < 1.29 is 9.59 Å². The summed E-state index contributed by atoms with van der Waals surface area (Å²) < 4.78 is 0. The average molecular weight is 376 g/mol. The Morgan fingerprint density at radius 2 is 1.88 bits per heavy atom. The summed E-state index contributed by atoms with van der Waals surface area (Å²) in [5.74, 6) is 2.35. The van der Waals surface area contributed by atoms with Crippen LogP contribution in [-0.4, -0.2) is 58.7 Å². The lowest BCUT2D eigenvalue weighted by molar-refractivity contribution is -0.191. The van der Waals surface area contributed by atoms with E-state index < -0.39 is 0 Å². The van der Waals surface area contributed by atoms with Gasteiger partial charge in [0.15, 0.2) is 11.0 Å². The van der Waals surface area contributed by atoms with Crippen LogP contribution < -0.4 is 10.6 Å². The third-order valence-corrected chi connectivity index (χ3v) is 4.79. The van der Waals surface area contributed by atoms with Gasteiger partial charge in [0.05, 0.1) is 0 Å². The summed E-state index contributed by atoms with van der Waals surface area (Å²) in [6.07, 6.45) is 2.06. The van der Waals surface area contributed by atoms with Gasteiger partial charge in [0, 0.05) is 43.8 Å². The van der Waals surface area contributed by atoms with Crippen molar-refractivity contribution in [3.63, 3.8) is 0 Å². The molecule has 0 bridgehead atoms. The molecule has 2 aromatic heterocycles. The number of anilines is 2. The van der Waals surface area contributed by atoms with Crippen LogP contribution in [-0.2, 0) is 9.59 Å². The number of hydrogen-bond donors (Lipinski definition) is 1. The molecule has 0 saturated carbocycles. The molecule has 9 heteroatoms. The van der Waals surface area contributed by atoms with E-state index in [0.29, 0.717) is 16.9 Å². The van der Waals surface area contributed by atoms with Crippen molar-refractivity contribution in [1.29, 1.82) is 0 Å². The lowest BCUT2D eigenvalue weighted by Crippen LogP contribution is -2.47. The molecule has 0 amide bonds. The highest BCUT2D eigenvalue weighted by Crippen LogP contribution is 2.27. The van der Waals surface area contributed by atoms with Crippen LogP contribution in [0.25, 0.3) is 11.5 Å². The van der Waals surface area contributed by atoms with E-state index in [-0.39, 0.29) is 6.15 Å². The number of rotatable bonds is 4. The van der Waals surface area contributed by atoms with Crippen LogP contribution in [0.15, 0.2) is 12.3 Å². The molecule has 3 rings (SSSR count). The Balaban J connectivity index is 0.000000758. The molecule has 0 spiro atoms. The Labute approximate surface area is 157 Å². The number of aromatic nitrogens is 3. The largest absolute Gasteiger partial charge is 0.375 e. The van der Waals surface area contributed by atoms with Gasteiger partial charge in [-0.05, 0) is 18.9 Å². The van der Waals surface area contributed by atoms with Crippen LogP contribution in [0.4, 0.5) is 10.9 Å². The second-order valence-corrected chi connectivity index (χ2v) is 7.69. The SMILES string of the molecule is Cc1sc(N)nc1-c1nccc(N2CCN(CC(C)C)CC2)n1.O=C=O. The number of aryl methyl sites for hydroxylation is 1. The Morgan fingerprint density at radius 1 is 1.23 bits per heavy atom. The number of thiazole rings is 1. The van der Waals surface area contributed by atoms with E-state index in [1.807, 2.05) is 19.2 Å². The predicted octanol–water partition coefficient (Wildman–Crippen LogP) is 1.69. The first-order chi connectivity index (χ1) is 12.4. The molecule has 2 aromatic rings. The molecule has 0 atom stereocenters. The fraction of sp³-hybridized carbons (Fsp3) is 0.529. The number of hydrogen-bond acceptors (Lipinski definition) is 9. The van der Waals surface area contributed by atoms with Gasteiger partial charge in [0.2, 0.25) is 0 Å². The molecule has 26 heavy (non-hydrogen) atoms. The first-order valence-electron chi connectivity index (χ1n) is 8.47. The Bertz CT molecular complexity index is 749. The van der Waals surface area contributed by atoms with Crippen molar-refractivity contribution in [2.45, 2.75) is 20.8 Å². The summed E-state index contributed by atoms with van der Waals surface area (Å²) in [5, 5.41) is 0.564. The maximum absolute atomic E-state index is 8.12. The van der Waals surface area contributed by atoms with Gasteiger partial charge in [0.25, 0.3) is 0 Å². The molecule has 0 aliphatic carbocycles. The third kappa shape index (κ3) is 5.32. The number of nitrogens with zero attached hydrogens (tertiary/aromatic N) is 5. The Hall–Kier alpha value is -2.35. The van der Waals surface area contributed by atoms with Crippen molar-refractivity contribution >= 4 is 28.4 Å². The van der Waals surface area contributed by atoms with Crippen LogP contribution in [0, 0.1) is 12.8 Å². The monoisotopic (exact) mass is 376 g/mol. The van der Waals surface area contributed by atoms with Crippen molar-refractivity contribution in [1.82, 2.24) is 19.9 Å².